The molecule has 0 spiro atoms. The molecule has 2 fully saturated rings. The van der Waals surface area contributed by atoms with Crippen molar-refractivity contribution >= 4 is 0 Å². The second kappa shape index (κ2) is 6.55. The largest absolute Gasteiger partial charge is 0.383 e. The highest BCUT2D eigenvalue weighted by Gasteiger charge is 2.33. The van der Waals surface area contributed by atoms with Gasteiger partial charge < -0.3 is 15.4 Å². The van der Waals surface area contributed by atoms with Gasteiger partial charge in [0.05, 0.1) is 6.61 Å². The monoisotopic (exact) mass is 227 g/mol. The highest BCUT2D eigenvalue weighted by atomic mass is 16.5. The van der Waals surface area contributed by atoms with Gasteiger partial charge in [-0.3, -0.25) is 4.90 Å². The quantitative estimate of drug-likeness (QED) is 0.575. The zero-order valence-electron chi connectivity index (χ0n) is 10.4. The lowest BCUT2D eigenvalue weighted by atomic mass is 10.2. The van der Waals surface area contributed by atoms with E-state index in [0.29, 0.717) is 0 Å². The Kier molecular flexibility index (Phi) is 5.03. The van der Waals surface area contributed by atoms with Gasteiger partial charge in [0.2, 0.25) is 0 Å². The Balaban J connectivity index is 1.44. The molecular weight excluding hydrogens is 202 g/mol. The Morgan fingerprint density at radius 2 is 2.06 bits per heavy atom. The summed E-state index contributed by atoms with van der Waals surface area (Å²) in [5.74, 6) is 0. The van der Waals surface area contributed by atoms with Crippen molar-refractivity contribution in [2.75, 3.05) is 46.4 Å². The molecule has 1 aliphatic carbocycles. The van der Waals surface area contributed by atoms with Crippen molar-refractivity contribution in [3.63, 3.8) is 0 Å². The van der Waals surface area contributed by atoms with E-state index in [-0.39, 0.29) is 0 Å². The first-order valence-corrected chi connectivity index (χ1v) is 6.57. The van der Waals surface area contributed by atoms with Gasteiger partial charge in [0.1, 0.15) is 0 Å². The number of hydrogen-bond donors (Lipinski definition) is 2. The van der Waals surface area contributed by atoms with E-state index in [9.17, 15) is 0 Å². The fraction of sp³-hybridized carbons (Fsp3) is 1.00. The van der Waals surface area contributed by atoms with Gasteiger partial charge in [0.25, 0.3) is 0 Å². The number of ether oxygens (including phenoxy) is 1. The molecule has 1 saturated carbocycles. The standard InChI is InChI=1S/C12H25N3O/c1-16-9-7-13-5-6-14-11-4-8-15(10-11)12-2-3-12/h11-14H,2-10H2,1H3. The second-order valence-corrected chi connectivity index (χ2v) is 4.91. The summed E-state index contributed by atoms with van der Waals surface area (Å²) in [6.45, 7) is 6.45. The highest BCUT2D eigenvalue weighted by Crippen LogP contribution is 2.29. The first-order valence-electron chi connectivity index (χ1n) is 6.57. The number of nitrogens with one attached hydrogen (secondary N) is 2. The number of rotatable bonds is 8. The summed E-state index contributed by atoms with van der Waals surface area (Å²) in [6, 6.07) is 1.66. The molecule has 1 heterocycles. The van der Waals surface area contributed by atoms with Crippen molar-refractivity contribution < 1.29 is 4.74 Å². The predicted octanol–water partition coefficient (Wildman–Crippen LogP) is 0.0487. The van der Waals surface area contributed by atoms with Crippen LogP contribution in [0.2, 0.25) is 0 Å². The van der Waals surface area contributed by atoms with Gasteiger partial charge in [-0.1, -0.05) is 0 Å². The summed E-state index contributed by atoms with van der Waals surface area (Å²) in [7, 11) is 1.74. The molecule has 2 aliphatic rings. The van der Waals surface area contributed by atoms with Gasteiger partial charge in [-0.05, 0) is 19.3 Å². The molecule has 0 bridgehead atoms. The van der Waals surface area contributed by atoms with Gasteiger partial charge in [-0.25, -0.2) is 0 Å². The topological polar surface area (TPSA) is 36.5 Å². The van der Waals surface area contributed by atoms with E-state index in [2.05, 4.69) is 15.5 Å². The van der Waals surface area contributed by atoms with E-state index in [4.69, 9.17) is 4.74 Å². The number of likely N-dealkylation sites (tertiary alicyclic amines) is 1. The SMILES string of the molecule is COCCNCCNC1CCN(C2CC2)C1. The van der Waals surface area contributed by atoms with Crippen LogP contribution < -0.4 is 10.6 Å². The Morgan fingerprint density at radius 3 is 2.81 bits per heavy atom. The van der Waals surface area contributed by atoms with Crippen LogP contribution in [0.1, 0.15) is 19.3 Å². The lowest BCUT2D eigenvalue weighted by Crippen LogP contribution is -2.38. The molecule has 1 unspecified atom stereocenters. The van der Waals surface area contributed by atoms with E-state index in [1.54, 1.807) is 7.11 Å². The maximum Gasteiger partial charge on any atom is 0.0587 e. The van der Waals surface area contributed by atoms with Crippen LogP contribution in [0.5, 0.6) is 0 Å². The van der Waals surface area contributed by atoms with Gasteiger partial charge in [-0.2, -0.15) is 0 Å². The average Bonchev–Trinajstić information content (AvgIpc) is 3.04. The van der Waals surface area contributed by atoms with Crippen LogP contribution in [0.3, 0.4) is 0 Å². The smallest absolute Gasteiger partial charge is 0.0587 e. The zero-order valence-corrected chi connectivity index (χ0v) is 10.4. The van der Waals surface area contributed by atoms with Crippen LogP contribution >= 0.6 is 0 Å². The molecular formula is C12H25N3O. The van der Waals surface area contributed by atoms with Crippen molar-refractivity contribution in [2.24, 2.45) is 0 Å². The Bertz CT molecular complexity index is 197. The van der Waals surface area contributed by atoms with Crippen LogP contribution in [-0.4, -0.2) is 63.4 Å². The minimum atomic E-state index is 0.727. The first kappa shape index (κ1) is 12.3. The molecule has 2 N–H and O–H groups in total. The molecule has 0 radical (unpaired) electrons. The summed E-state index contributed by atoms with van der Waals surface area (Å²) in [6.07, 6.45) is 4.20. The fourth-order valence-electron chi connectivity index (χ4n) is 2.39. The van der Waals surface area contributed by atoms with Crippen LogP contribution in [-0.2, 0) is 4.74 Å². The maximum atomic E-state index is 4.98. The molecule has 4 heteroatoms. The van der Waals surface area contributed by atoms with Crippen LogP contribution in [0.15, 0.2) is 0 Å². The molecule has 1 atom stereocenters. The van der Waals surface area contributed by atoms with Crippen LogP contribution in [0.4, 0.5) is 0 Å². The molecule has 16 heavy (non-hydrogen) atoms. The van der Waals surface area contributed by atoms with E-state index < -0.39 is 0 Å². The molecule has 0 amide bonds. The molecule has 0 aromatic carbocycles. The van der Waals surface area contributed by atoms with Crippen molar-refractivity contribution in [2.45, 2.75) is 31.3 Å². The number of methoxy groups -OCH3 is 1. The van der Waals surface area contributed by atoms with E-state index >= 15 is 0 Å². The molecule has 0 aromatic heterocycles. The summed E-state index contributed by atoms with van der Waals surface area (Å²) in [5.41, 5.74) is 0. The van der Waals surface area contributed by atoms with Crippen LogP contribution in [0.25, 0.3) is 0 Å². The van der Waals surface area contributed by atoms with Gasteiger partial charge in [0.15, 0.2) is 0 Å². The van der Waals surface area contributed by atoms with Crippen molar-refractivity contribution in [3.8, 4) is 0 Å². The summed E-state index contributed by atoms with van der Waals surface area (Å²) >= 11 is 0. The van der Waals surface area contributed by atoms with Crippen LogP contribution in [0, 0.1) is 0 Å². The average molecular weight is 227 g/mol. The third-order valence-electron chi connectivity index (χ3n) is 3.50. The maximum absolute atomic E-state index is 4.98. The van der Waals surface area contributed by atoms with Gasteiger partial charge in [-0.15, -0.1) is 0 Å². The Morgan fingerprint density at radius 1 is 1.19 bits per heavy atom. The molecule has 1 saturated heterocycles. The number of hydrogen-bond acceptors (Lipinski definition) is 4. The Hall–Kier alpha value is -0.160. The third kappa shape index (κ3) is 4.01. The molecule has 1 aliphatic heterocycles. The normalized spacial score (nSPS) is 26.4. The highest BCUT2D eigenvalue weighted by molar-refractivity contribution is 4.91. The predicted molar refractivity (Wildman–Crippen MR) is 65.7 cm³/mol. The number of nitrogens with zero attached hydrogens (tertiary/aromatic N) is 1. The summed E-state index contributed by atoms with van der Waals surface area (Å²) in [5, 5.41) is 6.98. The second-order valence-electron chi connectivity index (χ2n) is 4.91. The van der Waals surface area contributed by atoms with Gasteiger partial charge >= 0.3 is 0 Å². The minimum Gasteiger partial charge on any atom is -0.383 e. The van der Waals surface area contributed by atoms with Crippen molar-refractivity contribution in [3.05, 3.63) is 0 Å². The minimum absolute atomic E-state index is 0.727. The molecule has 4 nitrogen and oxygen atoms in total. The first-order chi connectivity index (χ1) is 7.90. The third-order valence-corrected chi connectivity index (χ3v) is 3.50. The van der Waals surface area contributed by atoms with E-state index in [1.165, 1.54) is 32.4 Å². The zero-order chi connectivity index (χ0) is 11.2. The lowest BCUT2D eigenvalue weighted by molar-refractivity contribution is 0.199. The van der Waals surface area contributed by atoms with E-state index in [1.807, 2.05) is 0 Å². The Labute approximate surface area is 98.7 Å². The van der Waals surface area contributed by atoms with E-state index in [0.717, 1.165) is 38.3 Å². The molecule has 0 aromatic rings. The fourth-order valence-corrected chi connectivity index (χ4v) is 2.39. The van der Waals surface area contributed by atoms with Gasteiger partial charge in [0, 0.05) is 51.9 Å². The summed E-state index contributed by atoms with van der Waals surface area (Å²) < 4.78 is 4.98. The molecule has 2 rings (SSSR count). The lowest BCUT2D eigenvalue weighted by Gasteiger charge is -2.15. The van der Waals surface area contributed by atoms with Crippen molar-refractivity contribution in [1.29, 1.82) is 0 Å². The summed E-state index contributed by atoms with van der Waals surface area (Å²) in [4.78, 5) is 2.65. The van der Waals surface area contributed by atoms with Crippen molar-refractivity contribution in [1.82, 2.24) is 15.5 Å². The molecule has 94 valence electrons.